The summed E-state index contributed by atoms with van der Waals surface area (Å²) < 4.78 is 0. The van der Waals surface area contributed by atoms with Crippen LogP contribution in [0.4, 0.5) is 0 Å². The van der Waals surface area contributed by atoms with Crippen LogP contribution >= 0.6 is 0 Å². The van der Waals surface area contributed by atoms with E-state index in [4.69, 9.17) is 0 Å². The van der Waals surface area contributed by atoms with Crippen LogP contribution in [0.15, 0.2) is 12.7 Å². The maximum absolute atomic E-state index is 11.5. The minimum atomic E-state index is 0.277. The summed E-state index contributed by atoms with van der Waals surface area (Å²) in [5.74, 6) is 2.21. The molecule has 1 fully saturated rings. The Morgan fingerprint density at radius 1 is 1.62 bits per heavy atom. The third-order valence-corrected chi connectivity index (χ3v) is 3.20. The maximum atomic E-state index is 11.5. The third-order valence-electron chi connectivity index (χ3n) is 3.20. The Morgan fingerprint density at radius 3 is 2.85 bits per heavy atom. The van der Waals surface area contributed by atoms with Gasteiger partial charge < -0.3 is 0 Å². The summed E-state index contributed by atoms with van der Waals surface area (Å²) in [6, 6.07) is 0. The number of rotatable bonds is 3. The van der Waals surface area contributed by atoms with E-state index in [2.05, 4.69) is 20.4 Å². The van der Waals surface area contributed by atoms with Crippen molar-refractivity contribution in [2.45, 2.75) is 39.5 Å². The van der Waals surface area contributed by atoms with E-state index in [1.807, 2.05) is 6.08 Å². The van der Waals surface area contributed by atoms with Crippen LogP contribution < -0.4 is 0 Å². The van der Waals surface area contributed by atoms with Crippen LogP contribution in [0.25, 0.3) is 0 Å². The Bertz CT molecular complexity index is 193. The summed E-state index contributed by atoms with van der Waals surface area (Å²) >= 11 is 0. The van der Waals surface area contributed by atoms with Crippen LogP contribution in [-0.4, -0.2) is 5.78 Å². The first kappa shape index (κ1) is 10.5. The van der Waals surface area contributed by atoms with Gasteiger partial charge in [0.15, 0.2) is 0 Å². The molecule has 0 bridgehead atoms. The van der Waals surface area contributed by atoms with Gasteiger partial charge in [-0.25, -0.2) is 0 Å². The first-order chi connectivity index (χ1) is 6.15. The van der Waals surface area contributed by atoms with Gasteiger partial charge in [0, 0.05) is 12.3 Å². The average Bonchev–Trinajstić information content (AvgIpc) is 2.08. The fourth-order valence-corrected chi connectivity index (χ4v) is 2.18. The van der Waals surface area contributed by atoms with Crippen LogP contribution in [-0.2, 0) is 4.79 Å². The van der Waals surface area contributed by atoms with Gasteiger partial charge >= 0.3 is 0 Å². The first-order valence-electron chi connectivity index (χ1n) is 5.28. The molecule has 74 valence electrons. The minimum absolute atomic E-state index is 0.277. The molecule has 1 nitrogen and oxygen atoms in total. The molecular weight excluding hydrogens is 160 g/mol. The van der Waals surface area contributed by atoms with Gasteiger partial charge in [0.1, 0.15) is 5.78 Å². The van der Waals surface area contributed by atoms with Gasteiger partial charge in [0.25, 0.3) is 0 Å². The fourth-order valence-electron chi connectivity index (χ4n) is 2.18. The highest BCUT2D eigenvalue weighted by Crippen LogP contribution is 2.33. The SMILES string of the molecule is C=CC[C@@H]1C[C@@H](C(C)C)CCC1=O. The molecule has 0 aromatic heterocycles. The van der Waals surface area contributed by atoms with Crippen LogP contribution in [0.5, 0.6) is 0 Å². The van der Waals surface area contributed by atoms with E-state index in [1.54, 1.807) is 0 Å². The Hall–Kier alpha value is -0.590. The van der Waals surface area contributed by atoms with Crippen molar-refractivity contribution in [3.63, 3.8) is 0 Å². The number of carbonyl (C=O) groups is 1. The van der Waals surface area contributed by atoms with Crippen LogP contribution in [0.1, 0.15) is 39.5 Å². The van der Waals surface area contributed by atoms with Gasteiger partial charge in [-0.05, 0) is 31.1 Å². The molecule has 1 aliphatic carbocycles. The predicted octanol–water partition coefficient (Wildman–Crippen LogP) is 3.20. The Labute approximate surface area is 81.2 Å². The molecule has 0 spiro atoms. The molecule has 1 heteroatoms. The van der Waals surface area contributed by atoms with Crippen molar-refractivity contribution in [1.82, 2.24) is 0 Å². The van der Waals surface area contributed by atoms with Crippen molar-refractivity contribution in [3.8, 4) is 0 Å². The lowest BCUT2D eigenvalue weighted by molar-refractivity contribution is -0.125. The van der Waals surface area contributed by atoms with E-state index >= 15 is 0 Å². The second-order valence-corrected chi connectivity index (χ2v) is 4.47. The summed E-state index contributed by atoms with van der Waals surface area (Å²) in [4.78, 5) is 11.5. The highest BCUT2D eigenvalue weighted by atomic mass is 16.1. The topological polar surface area (TPSA) is 17.1 Å². The lowest BCUT2D eigenvalue weighted by atomic mass is 9.74. The molecule has 1 rings (SSSR count). The monoisotopic (exact) mass is 180 g/mol. The first-order valence-corrected chi connectivity index (χ1v) is 5.28. The fraction of sp³-hybridized carbons (Fsp3) is 0.750. The summed E-state index contributed by atoms with van der Waals surface area (Å²) in [5, 5.41) is 0. The van der Waals surface area contributed by atoms with Crippen molar-refractivity contribution < 1.29 is 4.79 Å². The van der Waals surface area contributed by atoms with E-state index in [0.29, 0.717) is 5.78 Å². The quantitative estimate of drug-likeness (QED) is 0.609. The van der Waals surface area contributed by atoms with E-state index in [9.17, 15) is 4.79 Å². The second kappa shape index (κ2) is 4.59. The molecule has 2 atom stereocenters. The largest absolute Gasteiger partial charge is 0.299 e. The highest BCUT2D eigenvalue weighted by Gasteiger charge is 2.28. The Morgan fingerprint density at radius 2 is 2.31 bits per heavy atom. The summed E-state index contributed by atoms with van der Waals surface area (Å²) in [6.07, 6.45) is 5.74. The lowest BCUT2D eigenvalue weighted by Crippen LogP contribution is -2.27. The van der Waals surface area contributed by atoms with Gasteiger partial charge in [0.05, 0.1) is 0 Å². The summed E-state index contributed by atoms with van der Waals surface area (Å²) in [6.45, 7) is 8.22. The molecule has 0 radical (unpaired) electrons. The van der Waals surface area contributed by atoms with Crippen molar-refractivity contribution in [2.75, 3.05) is 0 Å². The molecule has 0 aromatic carbocycles. The lowest BCUT2D eigenvalue weighted by Gasteiger charge is -2.30. The van der Waals surface area contributed by atoms with Crippen molar-refractivity contribution in [2.24, 2.45) is 17.8 Å². The van der Waals surface area contributed by atoms with Crippen LogP contribution in [0.3, 0.4) is 0 Å². The molecule has 13 heavy (non-hydrogen) atoms. The van der Waals surface area contributed by atoms with Crippen molar-refractivity contribution in [1.29, 1.82) is 0 Å². The molecule has 0 heterocycles. The third kappa shape index (κ3) is 2.68. The van der Waals surface area contributed by atoms with Crippen molar-refractivity contribution >= 4 is 5.78 Å². The van der Waals surface area contributed by atoms with E-state index in [1.165, 1.54) is 0 Å². The normalized spacial score (nSPS) is 29.3. The van der Waals surface area contributed by atoms with Crippen LogP contribution in [0.2, 0.25) is 0 Å². The number of allylic oxidation sites excluding steroid dienone is 1. The molecule has 1 saturated carbocycles. The molecule has 0 amide bonds. The van der Waals surface area contributed by atoms with E-state index in [-0.39, 0.29) is 5.92 Å². The molecule has 0 unspecified atom stereocenters. The van der Waals surface area contributed by atoms with Gasteiger partial charge in [-0.15, -0.1) is 6.58 Å². The second-order valence-electron chi connectivity index (χ2n) is 4.47. The molecule has 0 N–H and O–H groups in total. The van der Waals surface area contributed by atoms with Gasteiger partial charge in [-0.1, -0.05) is 19.9 Å². The number of carbonyl (C=O) groups excluding carboxylic acids is 1. The molecule has 0 aromatic rings. The van der Waals surface area contributed by atoms with E-state index in [0.717, 1.165) is 37.5 Å². The number of ketones is 1. The standard InChI is InChI=1S/C12H20O/c1-4-5-11-8-10(9(2)3)6-7-12(11)13/h4,9-11H,1,5-8H2,2-3H3/t10-,11+/m0/s1. The van der Waals surface area contributed by atoms with E-state index < -0.39 is 0 Å². The van der Waals surface area contributed by atoms with Gasteiger partial charge in [0.2, 0.25) is 0 Å². The number of hydrogen-bond donors (Lipinski definition) is 0. The average molecular weight is 180 g/mol. The summed E-state index contributed by atoms with van der Waals surface area (Å²) in [5.41, 5.74) is 0. The number of hydrogen-bond acceptors (Lipinski definition) is 1. The Balaban J connectivity index is 2.52. The molecule has 0 aliphatic heterocycles. The zero-order valence-electron chi connectivity index (χ0n) is 8.75. The molecule has 0 saturated heterocycles. The van der Waals surface area contributed by atoms with Gasteiger partial charge in [-0.3, -0.25) is 4.79 Å². The Kier molecular flexibility index (Phi) is 3.71. The minimum Gasteiger partial charge on any atom is -0.299 e. The maximum Gasteiger partial charge on any atom is 0.136 e. The van der Waals surface area contributed by atoms with Gasteiger partial charge in [-0.2, -0.15) is 0 Å². The van der Waals surface area contributed by atoms with Crippen molar-refractivity contribution in [3.05, 3.63) is 12.7 Å². The molecular formula is C12H20O. The molecule has 1 aliphatic rings. The zero-order valence-corrected chi connectivity index (χ0v) is 8.75. The zero-order chi connectivity index (χ0) is 9.84. The summed E-state index contributed by atoms with van der Waals surface area (Å²) in [7, 11) is 0. The highest BCUT2D eigenvalue weighted by molar-refractivity contribution is 5.81. The number of Topliss-reactive ketones (excluding diaryl/α,β-unsaturated/α-hetero) is 1. The van der Waals surface area contributed by atoms with Crippen LogP contribution in [0, 0.1) is 17.8 Å². The smallest absolute Gasteiger partial charge is 0.136 e. The predicted molar refractivity (Wildman–Crippen MR) is 55.5 cm³/mol.